The molecular formula is C24H18N4O8. The molecule has 182 valence electrons. The quantitative estimate of drug-likeness (QED) is 0.252. The van der Waals surface area contributed by atoms with Gasteiger partial charge in [0.2, 0.25) is 11.8 Å². The van der Waals surface area contributed by atoms with Gasteiger partial charge in [-0.3, -0.25) is 0 Å². The van der Waals surface area contributed by atoms with Crippen LogP contribution in [0.5, 0.6) is 23.3 Å². The first-order valence-corrected chi connectivity index (χ1v) is 10.4. The van der Waals surface area contributed by atoms with Gasteiger partial charge in [-0.2, -0.15) is 9.97 Å². The number of hydrogen-bond donors (Lipinski definition) is 4. The molecule has 0 atom stereocenters. The van der Waals surface area contributed by atoms with Gasteiger partial charge in [-0.05, 0) is 48.5 Å². The van der Waals surface area contributed by atoms with Crippen LogP contribution in [-0.2, 0) is 0 Å². The lowest BCUT2D eigenvalue weighted by Gasteiger charge is -2.10. The molecule has 0 bridgehead atoms. The molecule has 0 spiro atoms. The highest BCUT2D eigenvalue weighted by molar-refractivity contribution is 5.90. The predicted molar refractivity (Wildman–Crippen MR) is 123 cm³/mol. The molecule has 4 N–H and O–H groups in total. The Morgan fingerprint density at radius 3 is 1.31 bits per heavy atom. The number of rotatable bonds is 9. The van der Waals surface area contributed by atoms with Crippen molar-refractivity contribution in [1.29, 1.82) is 0 Å². The first kappa shape index (κ1) is 23.9. The Morgan fingerprint density at radius 2 is 1.00 bits per heavy atom. The number of aromatic hydroxyl groups is 2. The second kappa shape index (κ2) is 10.3. The molecular weight excluding hydrogens is 472 g/mol. The number of benzene rings is 2. The van der Waals surface area contributed by atoms with E-state index in [2.05, 4.69) is 19.9 Å². The van der Waals surface area contributed by atoms with Gasteiger partial charge in [0, 0.05) is 23.5 Å². The molecule has 12 heteroatoms. The third-order valence-electron chi connectivity index (χ3n) is 4.84. The fraction of sp³-hybridized carbons (Fsp3) is 0.0833. The third-order valence-corrected chi connectivity index (χ3v) is 4.84. The number of carboxylic acid groups (broad SMARTS) is 2. The highest BCUT2D eigenvalue weighted by Crippen LogP contribution is 2.24. The Balaban J connectivity index is 1.28. The lowest BCUT2D eigenvalue weighted by atomic mass is 10.2. The molecule has 0 aliphatic heterocycles. The third kappa shape index (κ3) is 5.44. The minimum absolute atomic E-state index is 0.175. The van der Waals surface area contributed by atoms with Gasteiger partial charge in [0.15, 0.2) is 11.6 Å². The van der Waals surface area contributed by atoms with Crippen LogP contribution in [0.4, 0.5) is 0 Å². The Kier molecular flexibility index (Phi) is 6.86. The summed E-state index contributed by atoms with van der Waals surface area (Å²) in [6, 6.07) is 13.4. The van der Waals surface area contributed by atoms with Crippen molar-refractivity contribution in [3.63, 3.8) is 0 Å². The normalized spacial score (nSPS) is 10.6. The maximum atomic E-state index is 10.9. The number of ether oxygens (including phenoxy) is 2. The van der Waals surface area contributed by atoms with E-state index in [1.807, 2.05) is 0 Å². The van der Waals surface area contributed by atoms with Crippen LogP contribution in [0.3, 0.4) is 0 Å². The van der Waals surface area contributed by atoms with Crippen LogP contribution in [0.25, 0.3) is 22.8 Å². The van der Waals surface area contributed by atoms with E-state index in [1.54, 1.807) is 48.5 Å². The maximum Gasteiger partial charge on any atom is 0.342 e. The lowest BCUT2D eigenvalue weighted by molar-refractivity contribution is 0.0681. The smallest absolute Gasteiger partial charge is 0.342 e. The number of nitrogens with zero attached hydrogens (tertiary/aromatic N) is 4. The van der Waals surface area contributed by atoms with E-state index in [-0.39, 0.29) is 36.0 Å². The summed E-state index contributed by atoms with van der Waals surface area (Å²) < 4.78 is 11.3. The maximum absolute atomic E-state index is 10.9. The molecule has 4 aromatic rings. The van der Waals surface area contributed by atoms with Crippen LogP contribution in [0, 0.1) is 0 Å². The van der Waals surface area contributed by atoms with Crippen molar-refractivity contribution < 1.29 is 39.5 Å². The van der Waals surface area contributed by atoms with E-state index < -0.39 is 23.7 Å². The molecule has 0 unspecified atom stereocenters. The molecule has 0 aliphatic carbocycles. The average Bonchev–Trinajstić information content (AvgIpc) is 2.87. The first-order chi connectivity index (χ1) is 17.3. The number of carboxylic acids is 2. The van der Waals surface area contributed by atoms with Gasteiger partial charge in [-0.15, -0.1) is 0 Å². The Bertz CT molecular complexity index is 1300. The van der Waals surface area contributed by atoms with Gasteiger partial charge in [0.25, 0.3) is 0 Å². The summed E-state index contributed by atoms with van der Waals surface area (Å²) in [5.74, 6) is -2.38. The van der Waals surface area contributed by atoms with E-state index in [4.69, 9.17) is 19.7 Å². The van der Waals surface area contributed by atoms with Gasteiger partial charge >= 0.3 is 11.9 Å². The van der Waals surface area contributed by atoms with Crippen molar-refractivity contribution in [3.05, 3.63) is 72.1 Å². The van der Waals surface area contributed by atoms with E-state index in [0.29, 0.717) is 22.6 Å². The number of hydrogen-bond acceptors (Lipinski definition) is 10. The van der Waals surface area contributed by atoms with Crippen LogP contribution in [-0.4, -0.2) is 65.5 Å². The largest absolute Gasteiger partial charge is 0.493 e. The Morgan fingerprint density at radius 1 is 0.639 bits per heavy atom. The molecule has 0 saturated carbocycles. The SMILES string of the molecule is O=C(O)c1cnc(-c2ccc(OCCOc3ccc(-c4ncc(C(=O)O)c(O)n4)cc3)cc2)nc1O. The lowest BCUT2D eigenvalue weighted by Crippen LogP contribution is -2.09. The molecule has 0 radical (unpaired) electrons. The zero-order valence-corrected chi connectivity index (χ0v) is 18.4. The van der Waals surface area contributed by atoms with Crippen LogP contribution in [0.2, 0.25) is 0 Å². The topological polar surface area (TPSA) is 185 Å². The van der Waals surface area contributed by atoms with Crippen molar-refractivity contribution in [3.8, 4) is 46.0 Å². The standard InChI is InChI=1S/C24H18N4O8/c29-21-17(23(31)32)11-25-19(27-21)13-1-5-15(6-2-13)35-9-10-36-16-7-3-14(4-8-16)20-26-12-18(24(33)34)22(30)28-20/h1-8,11-12H,9-10H2,(H,31,32)(H,33,34)(H,25,27,29)(H,26,28,30). The van der Waals surface area contributed by atoms with E-state index >= 15 is 0 Å². The second-order valence-corrected chi connectivity index (χ2v) is 7.22. The average molecular weight is 490 g/mol. The van der Waals surface area contributed by atoms with Crippen molar-refractivity contribution in [2.45, 2.75) is 0 Å². The Labute approximate surface area is 203 Å². The predicted octanol–water partition coefficient (Wildman–Crippen LogP) is 2.87. The van der Waals surface area contributed by atoms with Gasteiger partial charge in [-0.1, -0.05) is 0 Å². The molecule has 0 aliphatic rings. The second-order valence-electron chi connectivity index (χ2n) is 7.22. The summed E-state index contributed by atoms with van der Waals surface area (Å²) in [5.41, 5.74) is 0.382. The molecule has 0 saturated heterocycles. The van der Waals surface area contributed by atoms with Crippen molar-refractivity contribution in [1.82, 2.24) is 19.9 Å². The van der Waals surface area contributed by atoms with E-state index in [0.717, 1.165) is 12.4 Å². The minimum Gasteiger partial charge on any atom is -0.493 e. The summed E-state index contributed by atoms with van der Waals surface area (Å²) in [7, 11) is 0. The fourth-order valence-electron chi connectivity index (χ4n) is 3.05. The molecule has 0 fully saturated rings. The molecule has 12 nitrogen and oxygen atoms in total. The zero-order chi connectivity index (χ0) is 25.7. The zero-order valence-electron chi connectivity index (χ0n) is 18.4. The first-order valence-electron chi connectivity index (χ1n) is 10.4. The van der Waals surface area contributed by atoms with Gasteiger partial charge in [0.1, 0.15) is 35.8 Å². The van der Waals surface area contributed by atoms with Gasteiger partial charge in [0.05, 0.1) is 0 Å². The van der Waals surface area contributed by atoms with Crippen molar-refractivity contribution >= 4 is 11.9 Å². The van der Waals surface area contributed by atoms with Crippen LogP contribution in [0.15, 0.2) is 60.9 Å². The van der Waals surface area contributed by atoms with Gasteiger partial charge in [-0.25, -0.2) is 19.6 Å². The van der Waals surface area contributed by atoms with Gasteiger partial charge < -0.3 is 29.9 Å². The summed E-state index contributed by atoms with van der Waals surface area (Å²) in [4.78, 5) is 37.4. The monoisotopic (exact) mass is 490 g/mol. The van der Waals surface area contributed by atoms with E-state index in [1.165, 1.54) is 0 Å². The number of carbonyl (C=O) groups is 2. The van der Waals surface area contributed by atoms with Crippen molar-refractivity contribution in [2.24, 2.45) is 0 Å². The molecule has 2 heterocycles. The van der Waals surface area contributed by atoms with Crippen LogP contribution >= 0.6 is 0 Å². The molecule has 36 heavy (non-hydrogen) atoms. The van der Waals surface area contributed by atoms with Crippen LogP contribution < -0.4 is 9.47 Å². The van der Waals surface area contributed by atoms with E-state index in [9.17, 15) is 19.8 Å². The van der Waals surface area contributed by atoms with Crippen LogP contribution in [0.1, 0.15) is 20.7 Å². The fourth-order valence-corrected chi connectivity index (χ4v) is 3.05. The molecule has 2 aromatic heterocycles. The summed E-state index contributed by atoms with van der Waals surface area (Å²) in [6.45, 7) is 0.499. The minimum atomic E-state index is -1.32. The number of aromatic carboxylic acids is 2. The summed E-state index contributed by atoms with van der Waals surface area (Å²) in [5, 5.41) is 37.3. The summed E-state index contributed by atoms with van der Waals surface area (Å²) in [6.07, 6.45) is 2.08. The highest BCUT2D eigenvalue weighted by atomic mass is 16.5. The molecule has 2 aromatic carbocycles. The number of aromatic nitrogens is 4. The highest BCUT2D eigenvalue weighted by Gasteiger charge is 2.14. The molecule has 0 amide bonds. The molecule has 4 rings (SSSR count). The Hall–Kier alpha value is -5.26. The summed E-state index contributed by atoms with van der Waals surface area (Å²) >= 11 is 0. The van der Waals surface area contributed by atoms with Crippen molar-refractivity contribution in [2.75, 3.05) is 13.2 Å².